The molecule has 0 spiro atoms. The van der Waals surface area contributed by atoms with Crippen LogP contribution in [0.1, 0.15) is 39.4 Å². The molecular weight excluding hydrogens is 222 g/mol. The predicted octanol–water partition coefficient (Wildman–Crippen LogP) is 3.07. The normalized spacial score (nSPS) is 12.2. The molecule has 2 rings (SSSR count). The van der Waals surface area contributed by atoms with E-state index in [-0.39, 0.29) is 5.41 Å². The Kier molecular flexibility index (Phi) is 3.71. The fraction of sp³-hybridized carbons (Fsp3) is 0.533. The first-order valence-corrected chi connectivity index (χ1v) is 6.70. The third-order valence-corrected chi connectivity index (χ3v) is 3.16. The molecular formula is C15H23N3. The molecule has 0 saturated heterocycles. The Bertz CT molecular complexity index is 520. The van der Waals surface area contributed by atoms with E-state index in [4.69, 9.17) is 10.7 Å². The summed E-state index contributed by atoms with van der Waals surface area (Å²) in [6.07, 6.45) is 2.18. The monoisotopic (exact) mass is 245 g/mol. The second kappa shape index (κ2) is 5.11. The van der Waals surface area contributed by atoms with Gasteiger partial charge in [-0.25, -0.2) is 4.98 Å². The van der Waals surface area contributed by atoms with Gasteiger partial charge in [-0.3, -0.25) is 0 Å². The van der Waals surface area contributed by atoms with E-state index in [1.54, 1.807) is 0 Å². The van der Waals surface area contributed by atoms with E-state index in [1.165, 1.54) is 11.3 Å². The van der Waals surface area contributed by atoms with Crippen molar-refractivity contribution in [3.63, 3.8) is 0 Å². The van der Waals surface area contributed by atoms with Gasteiger partial charge in [-0.1, -0.05) is 32.9 Å². The van der Waals surface area contributed by atoms with Crippen molar-refractivity contribution in [1.29, 1.82) is 0 Å². The van der Waals surface area contributed by atoms with Crippen molar-refractivity contribution in [1.82, 2.24) is 9.55 Å². The lowest BCUT2D eigenvalue weighted by molar-refractivity contribution is 0.492. The van der Waals surface area contributed by atoms with E-state index in [9.17, 15) is 0 Å². The largest absolute Gasteiger partial charge is 0.330 e. The molecule has 98 valence electrons. The third kappa shape index (κ3) is 2.56. The first kappa shape index (κ1) is 13.1. The zero-order valence-electron chi connectivity index (χ0n) is 11.6. The van der Waals surface area contributed by atoms with Crippen molar-refractivity contribution in [2.24, 2.45) is 5.73 Å². The number of para-hydroxylation sites is 2. The Hall–Kier alpha value is -1.35. The van der Waals surface area contributed by atoms with Crippen molar-refractivity contribution in [3.8, 4) is 0 Å². The maximum Gasteiger partial charge on any atom is 0.115 e. The van der Waals surface area contributed by atoms with Gasteiger partial charge in [0.1, 0.15) is 5.82 Å². The second-order valence-electron chi connectivity index (χ2n) is 5.82. The highest BCUT2D eigenvalue weighted by Gasteiger charge is 2.22. The van der Waals surface area contributed by atoms with Crippen molar-refractivity contribution < 1.29 is 0 Å². The van der Waals surface area contributed by atoms with Gasteiger partial charge in [0.05, 0.1) is 11.0 Å². The van der Waals surface area contributed by atoms with Crippen LogP contribution in [0.4, 0.5) is 0 Å². The lowest BCUT2D eigenvalue weighted by Gasteiger charge is -2.20. The number of rotatable bonds is 4. The van der Waals surface area contributed by atoms with Gasteiger partial charge in [-0.15, -0.1) is 0 Å². The number of nitrogens with two attached hydrogens (primary N) is 1. The number of benzene rings is 1. The molecule has 2 N–H and O–H groups in total. The van der Waals surface area contributed by atoms with Gasteiger partial charge < -0.3 is 10.3 Å². The summed E-state index contributed by atoms with van der Waals surface area (Å²) < 4.78 is 2.35. The maximum atomic E-state index is 5.58. The molecule has 0 saturated carbocycles. The van der Waals surface area contributed by atoms with Crippen molar-refractivity contribution >= 4 is 11.0 Å². The highest BCUT2D eigenvalue weighted by atomic mass is 15.1. The van der Waals surface area contributed by atoms with E-state index < -0.39 is 0 Å². The van der Waals surface area contributed by atoms with Crippen LogP contribution in [-0.2, 0) is 12.0 Å². The number of aromatic nitrogens is 2. The molecule has 0 fully saturated rings. The van der Waals surface area contributed by atoms with Gasteiger partial charge in [-0.2, -0.15) is 0 Å². The molecule has 1 aromatic heterocycles. The zero-order chi connectivity index (χ0) is 13.2. The highest BCUT2D eigenvalue weighted by molar-refractivity contribution is 5.76. The summed E-state index contributed by atoms with van der Waals surface area (Å²) in [7, 11) is 0. The molecule has 3 heteroatoms. The number of hydrogen-bond donors (Lipinski definition) is 1. The Morgan fingerprint density at radius 2 is 1.89 bits per heavy atom. The molecule has 2 aromatic rings. The Balaban J connectivity index is 2.44. The van der Waals surface area contributed by atoms with Gasteiger partial charge in [-0.05, 0) is 31.5 Å². The molecule has 1 heterocycles. The van der Waals surface area contributed by atoms with Crippen LogP contribution >= 0.6 is 0 Å². The number of imidazole rings is 1. The SMILES string of the molecule is CC(C)(C)c1nc2ccccc2n1CCCCN. The van der Waals surface area contributed by atoms with Crippen LogP contribution < -0.4 is 5.73 Å². The number of unbranched alkanes of at least 4 members (excludes halogenated alkanes) is 1. The van der Waals surface area contributed by atoms with Crippen LogP contribution in [-0.4, -0.2) is 16.1 Å². The summed E-state index contributed by atoms with van der Waals surface area (Å²) >= 11 is 0. The molecule has 18 heavy (non-hydrogen) atoms. The predicted molar refractivity (Wildman–Crippen MR) is 76.7 cm³/mol. The van der Waals surface area contributed by atoms with Crippen LogP contribution in [0.5, 0.6) is 0 Å². The zero-order valence-corrected chi connectivity index (χ0v) is 11.6. The van der Waals surface area contributed by atoms with Crippen molar-refractivity contribution in [2.45, 2.75) is 45.6 Å². The summed E-state index contributed by atoms with van der Waals surface area (Å²) in [4.78, 5) is 4.79. The molecule has 0 amide bonds. The smallest absolute Gasteiger partial charge is 0.115 e. The highest BCUT2D eigenvalue weighted by Crippen LogP contribution is 2.26. The van der Waals surface area contributed by atoms with Gasteiger partial charge in [0.2, 0.25) is 0 Å². The molecule has 0 aliphatic rings. The van der Waals surface area contributed by atoms with Gasteiger partial charge in [0.15, 0.2) is 0 Å². The number of fused-ring (bicyclic) bond motifs is 1. The van der Waals surface area contributed by atoms with Crippen LogP contribution in [0, 0.1) is 0 Å². The molecule has 0 aliphatic heterocycles. The number of aryl methyl sites for hydroxylation is 1. The van der Waals surface area contributed by atoms with Crippen LogP contribution in [0.3, 0.4) is 0 Å². The van der Waals surface area contributed by atoms with E-state index in [0.29, 0.717) is 0 Å². The molecule has 0 aliphatic carbocycles. The minimum Gasteiger partial charge on any atom is -0.330 e. The maximum absolute atomic E-state index is 5.58. The van der Waals surface area contributed by atoms with Crippen molar-refractivity contribution in [2.75, 3.05) is 6.54 Å². The number of nitrogens with zero attached hydrogens (tertiary/aromatic N) is 2. The van der Waals surface area contributed by atoms with Crippen LogP contribution in [0.15, 0.2) is 24.3 Å². The fourth-order valence-electron chi connectivity index (χ4n) is 2.29. The molecule has 0 radical (unpaired) electrons. The van der Waals surface area contributed by atoms with E-state index in [1.807, 2.05) is 6.07 Å². The average Bonchev–Trinajstić information content (AvgIpc) is 2.69. The summed E-state index contributed by atoms with van der Waals surface area (Å²) in [6.45, 7) is 8.41. The lowest BCUT2D eigenvalue weighted by atomic mass is 9.95. The first-order chi connectivity index (χ1) is 8.54. The van der Waals surface area contributed by atoms with E-state index in [2.05, 4.69) is 43.5 Å². The molecule has 0 bridgehead atoms. The molecule has 3 nitrogen and oxygen atoms in total. The lowest BCUT2D eigenvalue weighted by Crippen LogP contribution is -2.19. The number of hydrogen-bond acceptors (Lipinski definition) is 2. The van der Waals surface area contributed by atoms with E-state index in [0.717, 1.165) is 31.4 Å². The molecule has 1 aromatic carbocycles. The van der Waals surface area contributed by atoms with Crippen LogP contribution in [0.2, 0.25) is 0 Å². The third-order valence-electron chi connectivity index (χ3n) is 3.16. The summed E-state index contributed by atoms with van der Waals surface area (Å²) in [5, 5.41) is 0. The molecule has 0 unspecified atom stereocenters. The summed E-state index contributed by atoms with van der Waals surface area (Å²) in [5.41, 5.74) is 7.98. The Labute approximate surface area is 109 Å². The van der Waals surface area contributed by atoms with Crippen molar-refractivity contribution in [3.05, 3.63) is 30.1 Å². The summed E-state index contributed by atoms with van der Waals surface area (Å²) in [5.74, 6) is 1.17. The minimum absolute atomic E-state index is 0.0712. The standard InChI is InChI=1S/C15H23N3/c1-15(2,3)14-17-12-8-4-5-9-13(12)18(14)11-7-6-10-16/h4-5,8-9H,6-7,10-11,16H2,1-3H3. The summed E-state index contributed by atoms with van der Waals surface area (Å²) in [6, 6.07) is 8.37. The molecule has 0 atom stereocenters. The van der Waals surface area contributed by atoms with Gasteiger partial charge in [0.25, 0.3) is 0 Å². The fourth-order valence-corrected chi connectivity index (χ4v) is 2.29. The topological polar surface area (TPSA) is 43.8 Å². The minimum atomic E-state index is 0.0712. The van der Waals surface area contributed by atoms with E-state index >= 15 is 0 Å². The van der Waals surface area contributed by atoms with Gasteiger partial charge in [0, 0.05) is 12.0 Å². The quantitative estimate of drug-likeness (QED) is 0.841. The van der Waals surface area contributed by atoms with Crippen LogP contribution in [0.25, 0.3) is 11.0 Å². The average molecular weight is 245 g/mol. The second-order valence-corrected chi connectivity index (χ2v) is 5.82. The Morgan fingerprint density at radius 1 is 1.17 bits per heavy atom. The first-order valence-electron chi connectivity index (χ1n) is 6.70. The van der Waals surface area contributed by atoms with Gasteiger partial charge >= 0.3 is 0 Å². The Morgan fingerprint density at radius 3 is 2.56 bits per heavy atom.